The van der Waals surface area contributed by atoms with Crippen molar-refractivity contribution in [3.8, 4) is 11.5 Å². The molecule has 0 amide bonds. The molecule has 0 bridgehead atoms. The fraction of sp³-hybridized carbons (Fsp3) is 0.227. The van der Waals surface area contributed by atoms with E-state index in [2.05, 4.69) is 4.98 Å². The van der Waals surface area contributed by atoms with Crippen LogP contribution in [0, 0.1) is 13.8 Å². The molecule has 6 nitrogen and oxygen atoms in total. The van der Waals surface area contributed by atoms with E-state index in [1.54, 1.807) is 12.1 Å². The molecule has 3 aromatic rings. The molecule has 7 heteroatoms. The van der Waals surface area contributed by atoms with Gasteiger partial charge in [0.1, 0.15) is 18.0 Å². The Morgan fingerprint density at radius 3 is 2.66 bits per heavy atom. The number of nitrogens with zero attached hydrogens (tertiary/aromatic N) is 1. The van der Waals surface area contributed by atoms with Gasteiger partial charge >= 0.3 is 5.97 Å². The fourth-order valence-electron chi connectivity index (χ4n) is 2.82. The highest BCUT2D eigenvalue weighted by Crippen LogP contribution is 2.28. The van der Waals surface area contributed by atoms with Crippen LogP contribution in [0.15, 0.2) is 36.4 Å². The van der Waals surface area contributed by atoms with Gasteiger partial charge in [-0.2, -0.15) is 0 Å². The van der Waals surface area contributed by atoms with E-state index < -0.39 is 5.97 Å². The largest absolute Gasteiger partial charge is 0.493 e. The first kappa shape index (κ1) is 20.6. The lowest BCUT2D eigenvalue weighted by Crippen LogP contribution is -2.15. The molecular formula is C22H20ClNO5. The Balaban J connectivity index is 1.64. The molecule has 0 saturated carbocycles. The molecule has 0 unspecified atom stereocenters. The van der Waals surface area contributed by atoms with Gasteiger partial charge in [0, 0.05) is 16.5 Å². The van der Waals surface area contributed by atoms with Crippen LogP contribution in [0.2, 0.25) is 5.15 Å². The molecule has 0 aliphatic heterocycles. The van der Waals surface area contributed by atoms with Crippen LogP contribution in [0.1, 0.15) is 27.0 Å². The Bertz CT molecular complexity index is 1080. The Hall–Kier alpha value is -3.12. The van der Waals surface area contributed by atoms with Gasteiger partial charge in [0.05, 0.1) is 12.6 Å². The molecule has 0 saturated heterocycles. The summed E-state index contributed by atoms with van der Waals surface area (Å²) in [5.74, 6) is 0.129. The first-order valence-corrected chi connectivity index (χ1v) is 9.27. The van der Waals surface area contributed by atoms with Crippen LogP contribution in [0.25, 0.3) is 10.9 Å². The zero-order valence-electron chi connectivity index (χ0n) is 16.3. The number of ether oxygens (including phenoxy) is 3. The highest BCUT2D eigenvalue weighted by atomic mass is 35.5. The van der Waals surface area contributed by atoms with Crippen molar-refractivity contribution in [2.24, 2.45) is 0 Å². The molecule has 0 fully saturated rings. The Labute approximate surface area is 173 Å². The van der Waals surface area contributed by atoms with Crippen molar-refractivity contribution in [2.75, 3.05) is 13.7 Å². The van der Waals surface area contributed by atoms with Crippen LogP contribution in [-0.4, -0.2) is 31.0 Å². The molecule has 0 radical (unpaired) electrons. The minimum atomic E-state index is -0.567. The van der Waals surface area contributed by atoms with Crippen LogP contribution in [0.5, 0.6) is 11.5 Å². The van der Waals surface area contributed by atoms with E-state index in [1.165, 1.54) is 13.2 Å². The lowest BCUT2D eigenvalue weighted by Gasteiger charge is -2.12. The minimum absolute atomic E-state index is 0.0158. The molecular weight excluding hydrogens is 394 g/mol. The number of methoxy groups -OCH3 is 1. The molecule has 0 atom stereocenters. The quantitative estimate of drug-likeness (QED) is 0.323. The topological polar surface area (TPSA) is 74.7 Å². The average molecular weight is 414 g/mol. The van der Waals surface area contributed by atoms with Gasteiger partial charge in [-0.15, -0.1) is 0 Å². The van der Waals surface area contributed by atoms with Crippen LogP contribution in [-0.2, 0) is 16.1 Å². The number of carbonyl (C=O) groups is 2. The zero-order valence-corrected chi connectivity index (χ0v) is 17.1. The predicted molar refractivity (Wildman–Crippen MR) is 110 cm³/mol. The van der Waals surface area contributed by atoms with E-state index in [0.717, 1.165) is 22.0 Å². The van der Waals surface area contributed by atoms with Gasteiger partial charge in [-0.3, -0.25) is 4.79 Å². The van der Waals surface area contributed by atoms with Crippen molar-refractivity contribution < 1.29 is 23.8 Å². The molecule has 150 valence electrons. The third-order valence-electron chi connectivity index (χ3n) is 4.60. The number of esters is 1. The molecule has 2 aromatic carbocycles. The summed E-state index contributed by atoms with van der Waals surface area (Å²) in [6.07, 6.45) is 0.699. The molecule has 1 heterocycles. The molecule has 0 aliphatic rings. The van der Waals surface area contributed by atoms with Crippen LogP contribution >= 0.6 is 11.6 Å². The summed E-state index contributed by atoms with van der Waals surface area (Å²) in [5.41, 5.74) is 4.09. The Kier molecular flexibility index (Phi) is 6.34. The third kappa shape index (κ3) is 4.66. The van der Waals surface area contributed by atoms with E-state index in [1.807, 2.05) is 32.0 Å². The van der Waals surface area contributed by atoms with E-state index >= 15 is 0 Å². The van der Waals surface area contributed by atoms with Crippen molar-refractivity contribution in [3.05, 3.63) is 63.8 Å². The van der Waals surface area contributed by atoms with Crippen molar-refractivity contribution in [3.63, 3.8) is 0 Å². The number of hydrogen-bond acceptors (Lipinski definition) is 6. The molecule has 0 spiro atoms. The lowest BCUT2D eigenvalue weighted by atomic mass is 10.0. The number of aromatic nitrogens is 1. The summed E-state index contributed by atoms with van der Waals surface area (Å²) < 4.78 is 15.9. The number of fused-ring (bicyclic) bond motifs is 1. The average Bonchev–Trinajstić information content (AvgIpc) is 2.73. The summed E-state index contributed by atoms with van der Waals surface area (Å²) in [4.78, 5) is 27.4. The number of pyridine rings is 1. The third-order valence-corrected chi connectivity index (χ3v) is 4.92. The summed E-state index contributed by atoms with van der Waals surface area (Å²) in [5, 5.41) is 1.23. The maximum atomic E-state index is 12.1. The number of aldehydes is 1. The second-order valence-electron chi connectivity index (χ2n) is 6.49. The fourth-order valence-corrected chi connectivity index (χ4v) is 3.01. The molecule has 0 N–H and O–H groups in total. The van der Waals surface area contributed by atoms with Gasteiger partial charge in [0.25, 0.3) is 0 Å². The van der Waals surface area contributed by atoms with E-state index in [4.69, 9.17) is 25.8 Å². The van der Waals surface area contributed by atoms with Gasteiger partial charge in [-0.05, 0) is 49.2 Å². The van der Waals surface area contributed by atoms with Crippen LogP contribution < -0.4 is 9.47 Å². The van der Waals surface area contributed by atoms with Crippen molar-refractivity contribution in [1.29, 1.82) is 0 Å². The van der Waals surface area contributed by atoms with Crippen molar-refractivity contribution >= 4 is 34.8 Å². The number of benzene rings is 2. The lowest BCUT2D eigenvalue weighted by molar-refractivity contribution is -0.147. The van der Waals surface area contributed by atoms with Gasteiger partial charge in [0.2, 0.25) is 0 Å². The van der Waals surface area contributed by atoms with Crippen LogP contribution in [0.4, 0.5) is 0 Å². The maximum absolute atomic E-state index is 12.1. The molecule has 1 aromatic heterocycles. The highest BCUT2D eigenvalue weighted by Gasteiger charge is 2.13. The molecule has 29 heavy (non-hydrogen) atoms. The van der Waals surface area contributed by atoms with E-state index in [-0.39, 0.29) is 13.2 Å². The smallest absolute Gasteiger partial charge is 0.344 e. The number of rotatable bonds is 7. The SMILES string of the molecule is COc1cc(C=O)ccc1OCC(=O)OCc1cc2ccc(C)c(C)c2nc1Cl. The van der Waals surface area contributed by atoms with Gasteiger partial charge < -0.3 is 14.2 Å². The van der Waals surface area contributed by atoms with E-state index in [0.29, 0.717) is 34.1 Å². The molecule has 0 aliphatic carbocycles. The Morgan fingerprint density at radius 1 is 1.14 bits per heavy atom. The van der Waals surface area contributed by atoms with Crippen molar-refractivity contribution in [1.82, 2.24) is 4.98 Å². The zero-order chi connectivity index (χ0) is 21.0. The summed E-state index contributed by atoms with van der Waals surface area (Å²) >= 11 is 6.27. The number of aryl methyl sites for hydroxylation is 2. The second kappa shape index (κ2) is 8.92. The Morgan fingerprint density at radius 2 is 1.93 bits per heavy atom. The normalized spacial score (nSPS) is 10.6. The second-order valence-corrected chi connectivity index (χ2v) is 6.85. The van der Waals surface area contributed by atoms with E-state index in [9.17, 15) is 9.59 Å². The van der Waals surface area contributed by atoms with Crippen molar-refractivity contribution in [2.45, 2.75) is 20.5 Å². The monoisotopic (exact) mass is 413 g/mol. The van der Waals surface area contributed by atoms with Gasteiger partial charge in [0.15, 0.2) is 18.1 Å². The highest BCUT2D eigenvalue weighted by molar-refractivity contribution is 6.30. The number of carbonyl (C=O) groups excluding carboxylic acids is 2. The molecule has 3 rings (SSSR count). The maximum Gasteiger partial charge on any atom is 0.344 e. The first-order chi connectivity index (χ1) is 13.9. The minimum Gasteiger partial charge on any atom is -0.493 e. The summed E-state index contributed by atoms with van der Waals surface area (Å²) in [6, 6.07) is 10.5. The number of hydrogen-bond donors (Lipinski definition) is 0. The standard InChI is InChI=1S/C22H20ClNO5/c1-13-4-6-16-9-17(22(23)24-21(16)14(13)2)11-29-20(26)12-28-18-7-5-15(10-25)8-19(18)27-3/h4-10H,11-12H2,1-3H3. The van der Waals surface area contributed by atoms with Gasteiger partial charge in [-0.1, -0.05) is 23.7 Å². The van der Waals surface area contributed by atoms with Crippen LogP contribution in [0.3, 0.4) is 0 Å². The summed E-state index contributed by atoms with van der Waals surface area (Å²) in [7, 11) is 1.45. The summed E-state index contributed by atoms with van der Waals surface area (Å²) in [6.45, 7) is 3.68. The van der Waals surface area contributed by atoms with Gasteiger partial charge in [-0.25, -0.2) is 9.78 Å². The number of halogens is 1. The predicted octanol–water partition coefficient (Wildman–Crippen LogP) is 4.45. The first-order valence-electron chi connectivity index (χ1n) is 8.90.